The van der Waals surface area contributed by atoms with Crippen LogP contribution in [0.2, 0.25) is 0 Å². The topological polar surface area (TPSA) is 72.2 Å². The summed E-state index contributed by atoms with van der Waals surface area (Å²) in [7, 11) is 0. The van der Waals surface area contributed by atoms with E-state index in [0.29, 0.717) is 0 Å². The van der Waals surface area contributed by atoms with Crippen LogP contribution in [0.5, 0.6) is 0 Å². The van der Waals surface area contributed by atoms with Gasteiger partial charge < -0.3 is 20.9 Å². The van der Waals surface area contributed by atoms with Crippen molar-refractivity contribution in [1.29, 1.82) is 0 Å². The molecule has 0 bridgehead atoms. The van der Waals surface area contributed by atoms with Crippen molar-refractivity contribution < 1.29 is 0 Å². The molecule has 0 saturated heterocycles. The highest BCUT2D eigenvalue weighted by molar-refractivity contribution is 6.08. The fourth-order valence-electron chi connectivity index (χ4n) is 9.00. The fraction of sp³-hybridized carbons (Fsp3) is 0.0943. The van der Waals surface area contributed by atoms with Crippen LogP contribution in [0.15, 0.2) is 206 Å². The quantitative estimate of drug-likeness (QED) is 0.128. The second kappa shape index (κ2) is 15.3. The van der Waals surface area contributed by atoms with Gasteiger partial charge in [0.05, 0.1) is 29.1 Å². The summed E-state index contributed by atoms with van der Waals surface area (Å²) in [5.74, 6) is 0. The van der Waals surface area contributed by atoms with Gasteiger partial charge in [0.25, 0.3) is 0 Å². The lowest BCUT2D eigenvalue weighted by Crippen LogP contribution is -2.38. The molecule has 5 nitrogen and oxygen atoms in total. The van der Waals surface area contributed by atoms with E-state index in [-0.39, 0.29) is 12.1 Å². The largest absolute Gasteiger partial charge is 0.322 e. The second-order valence-electron chi connectivity index (χ2n) is 15.2. The summed E-state index contributed by atoms with van der Waals surface area (Å²) in [4.78, 5) is 2.48. The average molecular weight is 752 g/mol. The van der Waals surface area contributed by atoms with Crippen LogP contribution in [0.1, 0.15) is 53.3 Å². The van der Waals surface area contributed by atoms with Crippen LogP contribution < -0.4 is 21.7 Å². The van der Waals surface area contributed by atoms with Crippen LogP contribution in [0.4, 0.5) is 11.4 Å². The van der Waals surface area contributed by atoms with Crippen molar-refractivity contribution in [2.24, 2.45) is 11.5 Å². The van der Waals surface area contributed by atoms with Crippen LogP contribution in [-0.2, 0) is 0 Å². The molecule has 1 aliphatic heterocycles. The van der Waals surface area contributed by atoms with Gasteiger partial charge in [0.15, 0.2) is 0 Å². The van der Waals surface area contributed by atoms with E-state index >= 15 is 0 Å². The Hall–Kier alpha value is -6.76. The molecule has 1 aliphatic carbocycles. The van der Waals surface area contributed by atoms with E-state index in [4.69, 9.17) is 11.5 Å². The molecule has 2 aliphatic rings. The minimum absolute atomic E-state index is 0.248. The molecule has 0 saturated carbocycles. The third-order valence-corrected chi connectivity index (χ3v) is 11.7. The van der Waals surface area contributed by atoms with E-state index in [0.717, 1.165) is 57.7 Å². The number of nitrogens with zero attached hydrogens (tertiary/aromatic N) is 2. The van der Waals surface area contributed by atoms with E-state index in [9.17, 15) is 0 Å². The molecule has 58 heavy (non-hydrogen) atoms. The van der Waals surface area contributed by atoms with Crippen LogP contribution in [0.25, 0.3) is 44.5 Å². The second-order valence-corrected chi connectivity index (χ2v) is 15.2. The lowest BCUT2D eigenvalue weighted by atomic mass is 9.91. The van der Waals surface area contributed by atoms with Gasteiger partial charge in [-0.25, -0.2) is 0 Å². The Balaban J connectivity index is 1.10. The number of nitrogens with two attached hydrogens (primary N) is 2. The number of nitrogens with one attached hydrogen (secondary N) is 1. The molecular weight excluding hydrogens is 707 g/mol. The lowest BCUT2D eigenvalue weighted by molar-refractivity contribution is 0.398. The highest BCUT2D eigenvalue weighted by atomic mass is 15.2. The van der Waals surface area contributed by atoms with Gasteiger partial charge >= 0.3 is 0 Å². The maximum atomic E-state index is 7.10. The van der Waals surface area contributed by atoms with Gasteiger partial charge in [0, 0.05) is 39.6 Å². The van der Waals surface area contributed by atoms with E-state index in [2.05, 4.69) is 179 Å². The summed E-state index contributed by atoms with van der Waals surface area (Å²) < 4.78 is 2.46. The van der Waals surface area contributed by atoms with Crippen LogP contribution in [-0.4, -0.2) is 4.57 Å². The number of anilines is 2. The number of hydrogen-bond acceptors (Lipinski definition) is 4. The fourth-order valence-corrected chi connectivity index (χ4v) is 9.00. The van der Waals surface area contributed by atoms with E-state index < -0.39 is 6.17 Å². The molecule has 7 aromatic carbocycles. The molecule has 2 unspecified atom stereocenters. The third kappa shape index (κ3) is 6.36. The number of allylic oxidation sites excluding steroid dienone is 3. The SMILES string of the molecule is NC(NC(c1cccc(-c2cccc(N3C4=C(CCC=C4)c4c(n(-c5ccccc5)c5ccccc45)-c4ccccc43)c2)c1)[C@@H](N)c1ccccc1)c1ccccc1. The number of rotatable bonds is 9. The standard InChI is InChI=1S/C53H45N5/c54-50(36-18-4-1-5-19-36)51(56-53(55)37-20-6-2-7-21-37)40-24-16-22-38(34-40)39-23-17-27-42(35-39)57-46-31-13-10-28-43(46)49-44-29-11-14-32-47(44)58(41-25-8-3-9-26-41)52(49)45-30-12-15-33-48(45)57/h1-9,11-27,29-35,50-51,53,56H,10,28,54-55H2/t50-,51?,53?/m0/s1. The molecule has 3 atom stereocenters. The Morgan fingerprint density at radius 2 is 1.17 bits per heavy atom. The minimum Gasteiger partial charge on any atom is -0.322 e. The first-order valence-electron chi connectivity index (χ1n) is 20.2. The van der Waals surface area contributed by atoms with Crippen molar-refractivity contribution in [3.63, 3.8) is 0 Å². The van der Waals surface area contributed by atoms with Gasteiger partial charge in [-0.05, 0) is 94.8 Å². The van der Waals surface area contributed by atoms with Gasteiger partial charge in [-0.3, -0.25) is 5.32 Å². The highest BCUT2D eigenvalue weighted by Crippen LogP contribution is 2.52. The van der Waals surface area contributed by atoms with Crippen LogP contribution >= 0.6 is 0 Å². The zero-order valence-electron chi connectivity index (χ0n) is 32.2. The van der Waals surface area contributed by atoms with Gasteiger partial charge in [-0.1, -0.05) is 152 Å². The molecular formula is C53H45N5. The molecule has 5 heteroatoms. The molecule has 0 fully saturated rings. The summed E-state index contributed by atoms with van der Waals surface area (Å²) in [6.45, 7) is 0. The zero-order valence-corrected chi connectivity index (χ0v) is 32.2. The maximum absolute atomic E-state index is 7.10. The number of benzene rings is 7. The number of hydrogen-bond donors (Lipinski definition) is 3. The molecule has 282 valence electrons. The number of para-hydroxylation sites is 3. The Bertz CT molecular complexity index is 2800. The maximum Gasteiger partial charge on any atom is 0.0815 e. The number of fused-ring (bicyclic) bond motifs is 6. The molecule has 8 aromatic rings. The summed E-state index contributed by atoms with van der Waals surface area (Å²) in [5, 5.41) is 4.98. The molecule has 5 N–H and O–H groups in total. The van der Waals surface area contributed by atoms with Crippen molar-refractivity contribution in [2.75, 3.05) is 4.90 Å². The Labute approximate surface area is 340 Å². The summed E-state index contributed by atoms with van der Waals surface area (Å²) in [6, 6.07) is 66.1. The Morgan fingerprint density at radius 3 is 1.97 bits per heavy atom. The first kappa shape index (κ1) is 35.6. The molecule has 10 rings (SSSR count). The zero-order chi connectivity index (χ0) is 39.0. The van der Waals surface area contributed by atoms with E-state index in [1.54, 1.807) is 0 Å². The van der Waals surface area contributed by atoms with Crippen molar-refractivity contribution in [2.45, 2.75) is 31.1 Å². The van der Waals surface area contributed by atoms with E-state index in [1.807, 2.05) is 36.4 Å². The van der Waals surface area contributed by atoms with Gasteiger partial charge in [0.2, 0.25) is 0 Å². The predicted octanol–water partition coefficient (Wildman–Crippen LogP) is 12.2. The highest BCUT2D eigenvalue weighted by Gasteiger charge is 2.33. The van der Waals surface area contributed by atoms with E-state index in [1.165, 1.54) is 39.0 Å². The first-order chi connectivity index (χ1) is 28.6. The predicted molar refractivity (Wildman–Crippen MR) is 241 cm³/mol. The van der Waals surface area contributed by atoms with Crippen molar-refractivity contribution in [3.8, 4) is 28.1 Å². The molecule has 0 spiro atoms. The smallest absolute Gasteiger partial charge is 0.0815 e. The molecule has 0 radical (unpaired) electrons. The van der Waals surface area contributed by atoms with Crippen molar-refractivity contribution >= 4 is 27.9 Å². The molecule has 2 heterocycles. The third-order valence-electron chi connectivity index (χ3n) is 11.7. The Morgan fingerprint density at radius 1 is 0.552 bits per heavy atom. The molecule has 0 amide bonds. The lowest BCUT2D eigenvalue weighted by Gasteiger charge is -2.30. The van der Waals surface area contributed by atoms with Crippen molar-refractivity contribution in [1.82, 2.24) is 9.88 Å². The number of aromatic nitrogens is 1. The van der Waals surface area contributed by atoms with Crippen LogP contribution in [0.3, 0.4) is 0 Å². The summed E-state index contributed by atoms with van der Waals surface area (Å²) >= 11 is 0. The monoisotopic (exact) mass is 751 g/mol. The Kier molecular flexibility index (Phi) is 9.40. The first-order valence-corrected chi connectivity index (χ1v) is 20.2. The average Bonchev–Trinajstić information content (AvgIpc) is 3.58. The van der Waals surface area contributed by atoms with Crippen LogP contribution in [0, 0.1) is 0 Å². The van der Waals surface area contributed by atoms with Crippen molar-refractivity contribution in [3.05, 3.63) is 228 Å². The van der Waals surface area contributed by atoms with Gasteiger partial charge in [0.1, 0.15) is 0 Å². The van der Waals surface area contributed by atoms with Gasteiger partial charge in [-0.2, -0.15) is 0 Å². The minimum atomic E-state index is -0.401. The molecule has 1 aromatic heterocycles. The summed E-state index contributed by atoms with van der Waals surface area (Å²) in [5.41, 5.74) is 30.3. The van der Waals surface area contributed by atoms with Gasteiger partial charge in [-0.15, -0.1) is 0 Å². The normalized spacial score (nSPS) is 15.0. The summed E-state index contributed by atoms with van der Waals surface area (Å²) in [6.07, 6.45) is 6.21.